The minimum absolute atomic E-state index is 0.0242. The second-order valence-electron chi connectivity index (χ2n) is 3.33. The number of halogens is 1. The molecule has 1 amide bonds. The summed E-state index contributed by atoms with van der Waals surface area (Å²) < 4.78 is 0.965. The molecule has 1 aromatic rings. The van der Waals surface area contributed by atoms with Gasteiger partial charge in [0.25, 0.3) is 0 Å². The third-order valence-electron chi connectivity index (χ3n) is 2.05. The molecule has 1 N–H and O–H groups in total. The molecule has 3 heteroatoms. The first kappa shape index (κ1) is 12.0. The van der Waals surface area contributed by atoms with Crippen LogP contribution in [0.15, 0.2) is 35.3 Å². The molecular weight excluding hydrogens is 254 g/mol. The summed E-state index contributed by atoms with van der Waals surface area (Å²) in [6.07, 6.45) is 2.93. The maximum absolute atomic E-state index is 11.5. The summed E-state index contributed by atoms with van der Waals surface area (Å²) in [5.74, 6) is 0.0242. The van der Waals surface area contributed by atoms with E-state index in [-0.39, 0.29) is 5.91 Å². The van der Waals surface area contributed by atoms with E-state index in [1.807, 2.05) is 25.1 Å². The SMILES string of the molecule is C=CCCC(=O)Nc1cc(Br)ccc1C. The van der Waals surface area contributed by atoms with Gasteiger partial charge in [0.2, 0.25) is 5.91 Å². The Morgan fingerprint density at radius 2 is 2.33 bits per heavy atom. The van der Waals surface area contributed by atoms with Gasteiger partial charge in [0.1, 0.15) is 0 Å². The summed E-state index contributed by atoms with van der Waals surface area (Å²) in [4.78, 5) is 11.5. The predicted molar refractivity (Wildman–Crippen MR) is 66.9 cm³/mol. The summed E-state index contributed by atoms with van der Waals surface area (Å²) >= 11 is 3.37. The largest absolute Gasteiger partial charge is 0.326 e. The Kier molecular flexibility index (Phi) is 4.56. The third-order valence-corrected chi connectivity index (χ3v) is 2.54. The van der Waals surface area contributed by atoms with Crippen molar-refractivity contribution in [3.63, 3.8) is 0 Å². The first-order valence-electron chi connectivity index (χ1n) is 4.80. The fourth-order valence-electron chi connectivity index (χ4n) is 1.17. The van der Waals surface area contributed by atoms with Crippen LogP contribution >= 0.6 is 15.9 Å². The van der Waals surface area contributed by atoms with E-state index in [0.717, 1.165) is 15.7 Å². The monoisotopic (exact) mass is 267 g/mol. The molecule has 0 unspecified atom stereocenters. The van der Waals surface area contributed by atoms with Gasteiger partial charge < -0.3 is 5.32 Å². The van der Waals surface area contributed by atoms with Crippen molar-refractivity contribution in [3.05, 3.63) is 40.9 Å². The molecule has 0 aliphatic heterocycles. The number of anilines is 1. The highest BCUT2D eigenvalue weighted by molar-refractivity contribution is 9.10. The Labute approximate surface area is 98.5 Å². The van der Waals surface area contributed by atoms with E-state index in [4.69, 9.17) is 0 Å². The average molecular weight is 268 g/mol. The molecule has 0 fully saturated rings. The van der Waals surface area contributed by atoms with Crippen molar-refractivity contribution in [2.24, 2.45) is 0 Å². The van der Waals surface area contributed by atoms with Crippen molar-refractivity contribution in [1.82, 2.24) is 0 Å². The Morgan fingerprint density at radius 3 is 3.00 bits per heavy atom. The number of allylic oxidation sites excluding steroid dienone is 1. The number of carbonyl (C=O) groups is 1. The Balaban J connectivity index is 2.67. The van der Waals surface area contributed by atoms with Crippen LogP contribution in [0.4, 0.5) is 5.69 Å². The van der Waals surface area contributed by atoms with Crippen LogP contribution < -0.4 is 5.32 Å². The van der Waals surface area contributed by atoms with Gasteiger partial charge in [-0.25, -0.2) is 0 Å². The molecular formula is C12H14BrNO. The minimum Gasteiger partial charge on any atom is -0.326 e. The number of benzene rings is 1. The molecule has 1 aromatic carbocycles. The Bertz CT molecular complexity index is 374. The maximum Gasteiger partial charge on any atom is 0.224 e. The molecule has 0 bridgehead atoms. The highest BCUT2D eigenvalue weighted by atomic mass is 79.9. The fourth-order valence-corrected chi connectivity index (χ4v) is 1.54. The molecule has 0 saturated heterocycles. The lowest BCUT2D eigenvalue weighted by Gasteiger charge is -2.08. The van der Waals surface area contributed by atoms with Crippen molar-refractivity contribution in [1.29, 1.82) is 0 Å². The molecule has 15 heavy (non-hydrogen) atoms. The van der Waals surface area contributed by atoms with Crippen molar-refractivity contribution in [3.8, 4) is 0 Å². The number of carbonyl (C=O) groups excluding carboxylic acids is 1. The lowest BCUT2D eigenvalue weighted by Crippen LogP contribution is -2.11. The van der Waals surface area contributed by atoms with Gasteiger partial charge in [0, 0.05) is 16.6 Å². The first-order valence-corrected chi connectivity index (χ1v) is 5.59. The van der Waals surface area contributed by atoms with Crippen LogP contribution in [0.3, 0.4) is 0 Å². The molecule has 0 heterocycles. The number of aryl methyl sites for hydroxylation is 1. The van der Waals surface area contributed by atoms with Crippen LogP contribution in [0.5, 0.6) is 0 Å². The standard InChI is InChI=1S/C12H14BrNO/c1-3-4-5-12(15)14-11-8-10(13)7-6-9(11)2/h3,6-8H,1,4-5H2,2H3,(H,14,15). The normalized spacial score (nSPS) is 9.73. The van der Waals surface area contributed by atoms with E-state index >= 15 is 0 Å². The number of hydrogen-bond acceptors (Lipinski definition) is 1. The molecule has 0 aromatic heterocycles. The van der Waals surface area contributed by atoms with E-state index < -0.39 is 0 Å². The van der Waals surface area contributed by atoms with Crippen LogP contribution in [0.1, 0.15) is 18.4 Å². The fraction of sp³-hybridized carbons (Fsp3) is 0.250. The van der Waals surface area contributed by atoms with E-state index in [1.165, 1.54) is 0 Å². The van der Waals surface area contributed by atoms with Crippen molar-refractivity contribution >= 4 is 27.5 Å². The number of hydrogen-bond donors (Lipinski definition) is 1. The van der Waals surface area contributed by atoms with Crippen LogP contribution in [-0.2, 0) is 4.79 Å². The molecule has 0 aliphatic carbocycles. The zero-order valence-corrected chi connectivity index (χ0v) is 10.3. The molecule has 0 spiro atoms. The van der Waals surface area contributed by atoms with Crippen LogP contribution in [0, 0.1) is 6.92 Å². The van der Waals surface area contributed by atoms with Gasteiger partial charge in [0.05, 0.1) is 0 Å². The van der Waals surface area contributed by atoms with Crippen LogP contribution in [0.25, 0.3) is 0 Å². The predicted octanol–water partition coefficient (Wildman–Crippen LogP) is 3.66. The number of rotatable bonds is 4. The smallest absolute Gasteiger partial charge is 0.224 e. The van der Waals surface area contributed by atoms with Gasteiger partial charge in [-0.1, -0.05) is 28.1 Å². The zero-order chi connectivity index (χ0) is 11.3. The molecule has 0 radical (unpaired) electrons. The van der Waals surface area contributed by atoms with Crippen LogP contribution in [0.2, 0.25) is 0 Å². The van der Waals surface area contributed by atoms with Crippen molar-refractivity contribution < 1.29 is 4.79 Å². The topological polar surface area (TPSA) is 29.1 Å². The van der Waals surface area contributed by atoms with Crippen molar-refractivity contribution in [2.45, 2.75) is 19.8 Å². The zero-order valence-electron chi connectivity index (χ0n) is 8.72. The van der Waals surface area contributed by atoms with Gasteiger partial charge in [-0.15, -0.1) is 6.58 Å². The summed E-state index contributed by atoms with van der Waals surface area (Å²) in [7, 11) is 0. The lowest BCUT2D eigenvalue weighted by atomic mass is 10.2. The van der Waals surface area contributed by atoms with Gasteiger partial charge in [0.15, 0.2) is 0 Å². The summed E-state index contributed by atoms with van der Waals surface area (Å²) in [6, 6.07) is 5.82. The number of nitrogens with one attached hydrogen (secondary N) is 1. The molecule has 0 saturated carbocycles. The number of amides is 1. The van der Waals surface area contributed by atoms with E-state index in [9.17, 15) is 4.79 Å². The lowest BCUT2D eigenvalue weighted by molar-refractivity contribution is -0.116. The van der Waals surface area contributed by atoms with E-state index in [2.05, 4.69) is 27.8 Å². The maximum atomic E-state index is 11.5. The van der Waals surface area contributed by atoms with Crippen LogP contribution in [-0.4, -0.2) is 5.91 Å². The van der Waals surface area contributed by atoms with E-state index in [1.54, 1.807) is 6.08 Å². The average Bonchev–Trinajstić information content (AvgIpc) is 2.20. The Morgan fingerprint density at radius 1 is 1.60 bits per heavy atom. The van der Waals surface area contributed by atoms with Gasteiger partial charge in [-0.05, 0) is 31.0 Å². The van der Waals surface area contributed by atoms with E-state index in [0.29, 0.717) is 12.8 Å². The van der Waals surface area contributed by atoms with Gasteiger partial charge >= 0.3 is 0 Å². The molecule has 0 atom stereocenters. The molecule has 2 nitrogen and oxygen atoms in total. The second kappa shape index (κ2) is 5.71. The highest BCUT2D eigenvalue weighted by Crippen LogP contribution is 2.20. The van der Waals surface area contributed by atoms with Crippen molar-refractivity contribution in [2.75, 3.05) is 5.32 Å². The summed E-state index contributed by atoms with van der Waals surface area (Å²) in [5.41, 5.74) is 1.92. The molecule has 80 valence electrons. The summed E-state index contributed by atoms with van der Waals surface area (Å²) in [5, 5.41) is 2.87. The minimum atomic E-state index is 0.0242. The quantitative estimate of drug-likeness (QED) is 0.829. The van der Waals surface area contributed by atoms with Gasteiger partial charge in [-0.3, -0.25) is 4.79 Å². The Hall–Kier alpha value is -1.09. The summed E-state index contributed by atoms with van der Waals surface area (Å²) in [6.45, 7) is 5.55. The molecule has 1 rings (SSSR count). The second-order valence-corrected chi connectivity index (χ2v) is 4.25. The van der Waals surface area contributed by atoms with Gasteiger partial charge in [-0.2, -0.15) is 0 Å². The molecule has 0 aliphatic rings. The highest BCUT2D eigenvalue weighted by Gasteiger charge is 2.03. The first-order chi connectivity index (χ1) is 7.13. The third kappa shape index (κ3) is 3.88.